The molecule has 2 rings (SSSR count). The van der Waals surface area contributed by atoms with Crippen molar-refractivity contribution in [1.29, 1.82) is 0 Å². The van der Waals surface area contributed by atoms with Gasteiger partial charge in [-0.15, -0.1) is 0 Å². The number of hydrogen-bond acceptors (Lipinski definition) is 3. The van der Waals surface area contributed by atoms with Crippen molar-refractivity contribution in [1.82, 2.24) is 5.32 Å². The molecule has 1 aliphatic rings. The normalized spacial score (nSPS) is 14.6. The van der Waals surface area contributed by atoms with Gasteiger partial charge in [-0.1, -0.05) is 0 Å². The number of aromatic carboxylic acids is 1. The zero-order chi connectivity index (χ0) is 12.4. The van der Waals surface area contributed by atoms with E-state index in [0.717, 1.165) is 0 Å². The Morgan fingerprint density at radius 3 is 2.82 bits per heavy atom. The number of nitrogens with one attached hydrogen (secondary N) is 1. The molecule has 0 atom stereocenters. The van der Waals surface area contributed by atoms with Crippen LogP contribution in [0.5, 0.6) is 5.75 Å². The minimum Gasteiger partial charge on any atom is -0.496 e. The fourth-order valence-electron chi connectivity index (χ4n) is 1.75. The minimum atomic E-state index is -1.08. The molecule has 1 aliphatic heterocycles. The highest BCUT2D eigenvalue weighted by Gasteiger charge is 2.23. The Balaban J connectivity index is 2.40. The average molecular weight is 236 g/mol. The maximum Gasteiger partial charge on any atom is 0.339 e. The van der Waals surface area contributed by atoms with Crippen LogP contribution < -0.4 is 15.0 Å². The molecule has 1 heterocycles. The molecule has 17 heavy (non-hydrogen) atoms. The predicted octanol–water partition coefficient (Wildman–Crippen LogP) is 0.923. The van der Waals surface area contributed by atoms with Gasteiger partial charge in [-0.2, -0.15) is 0 Å². The number of carboxylic acids is 1. The molecule has 1 saturated heterocycles. The molecule has 6 heteroatoms. The van der Waals surface area contributed by atoms with Crippen molar-refractivity contribution in [2.45, 2.75) is 0 Å². The minimum absolute atomic E-state index is 0.0460. The second-order valence-electron chi connectivity index (χ2n) is 3.57. The van der Waals surface area contributed by atoms with Gasteiger partial charge >= 0.3 is 12.0 Å². The van der Waals surface area contributed by atoms with Crippen molar-refractivity contribution >= 4 is 17.7 Å². The van der Waals surface area contributed by atoms with Gasteiger partial charge in [-0.25, -0.2) is 9.59 Å². The highest BCUT2D eigenvalue weighted by molar-refractivity contribution is 5.97. The number of urea groups is 1. The number of hydrogen-bond donors (Lipinski definition) is 2. The van der Waals surface area contributed by atoms with Crippen LogP contribution in [0.15, 0.2) is 18.2 Å². The van der Waals surface area contributed by atoms with Crippen LogP contribution in [0.3, 0.4) is 0 Å². The summed E-state index contributed by atoms with van der Waals surface area (Å²) in [6.07, 6.45) is 0. The fourth-order valence-corrected chi connectivity index (χ4v) is 1.75. The first-order valence-electron chi connectivity index (χ1n) is 5.10. The summed E-state index contributed by atoms with van der Waals surface area (Å²) in [7, 11) is 1.41. The number of carboxylic acid groups (broad SMARTS) is 1. The molecule has 6 nitrogen and oxygen atoms in total. The van der Waals surface area contributed by atoms with Gasteiger partial charge in [-0.3, -0.25) is 4.90 Å². The van der Waals surface area contributed by atoms with Crippen LogP contribution in [0.2, 0.25) is 0 Å². The van der Waals surface area contributed by atoms with Gasteiger partial charge in [0.15, 0.2) is 0 Å². The van der Waals surface area contributed by atoms with E-state index in [0.29, 0.717) is 18.8 Å². The Morgan fingerprint density at radius 1 is 1.53 bits per heavy atom. The number of ether oxygens (including phenoxy) is 1. The standard InChI is InChI=1S/C11H12N2O4/c1-17-9-3-2-7(6-8(9)10(14)15)13-5-4-12-11(13)16/h2-3,6H,4-5H2,1H3,(H,12,16)(H,14,15). The van der Waals surface area contributed by atoms with Crippen molar-refractivity contribution < 1.29 is 19.4 Å². The smallest absolute Gasteiger partial charge is 0.339 e. The Kier molecular flexibility index (Phi) is 2.86. The second kappa shape index (κ2) is 4.32. The summed E-state index contributed by atoms with van der Waals surface area (Å²) in [4.78, 5) is 24.0. The molecule has 0 aliphatic carbocycles. The first kappa shape index (κ1) is 11.3. The summed E-state index contributed by atoms with van der Waals surface area (Å²) >= 11 is 0. The maximum absolute atomic E-state index is 11.4. The SMILES string of the molecule is COc1ccc(N2CCNC2=O)cc1C(=O)O. The molecule has 0 bridgehead atoms. The zero-order valence-corrected chi connectivity index (χ0v) is 9.27. The van der Waals surface area contributed by atoms with Gasteiger partial charge in [0.1, 0.15) is 11.3 Å². The molecule has 2 N–H and O–H groups in total. The second-order valence-corrected chi connectivity index (χ2v) is 3.57. The van der Waals surface area contributed by atoms with E-state index in [-0.39, 0.29) is 17.3 Å². The van der Waals surface area contributed by atoms with Gasteiger partial charge in [0, 0.05) is 18.8 Å². The van der Waals surface area contributed by atoms with Crippen LogP contribution in [0, 0.1) is 0 Å². The van der Waals surface area contributed by atoms with Crippen LogP contribution >= 0.6 is 0 Å². The lowest BCUT2D eigenvalue weighted by Crippen LogP contribution is -2.27. The lowest BCUT2D eigenvalue weighted by molar-refractivity contribution is 0.0693. The largest absolute Gasteiger partial charge is 0.496 e. The van der Waals surface area contributed by atoms with E-state index in [9.17, 15) is 9.59 Å². The third-order valence-electron chi connectivity index (χ3n) is 2.58. The lowest BCUT2D eigenvalue weighted by atomic mass is 10.1. The molecule has 0 saturated carbocycles. The number of benzene rings is 1. The van der Waals surface area contributed by atoms with Crippen LogP contribution in [0.25, 0.3) is 0 Å². The summed E-state index contributed by atoms with van der Waals surface area (Å²) < 4.78 is 4.95. The van der Waals surface area contributed by atoms with Gasteiger partial charge in [-0.05, 0) is 18.2 Å². The van der Waals surface area contributed by atoms with Crippen LogP contribution in [-0.2, 0) is 0 Å². The summed E-state index contributed by atoms with van der Waals surface area (Å²) in [5.74, 6) is -0.802. The van der Waals surface area contributed by atoms with E-state index in [1.807, 2.05) is 0 Å². The number of methoxy groups -OCH3 is 1. The number of rotatable bonds is 3. The molecule has 2 amide bonds. The van der Waals surface area contributed by atoms with Gasteiger partial charge < -0.3 is 15.2 Å². The van der Waals surface area contributed by atoms with Crippen molar-refractivity contribution in [2.75, 3.05) is 25.1 Å². The first-order valence-corrected chi connectivity index (χ1v) is 5.10. The quantitative estimate of drug-likeness (QED) is 0.818. The number of anilines is 1. The molecule has 90 valence electrons. The summed E-state index contributed by atoms with van der Waals surface area (Å²) in [5.41, 5.74) is 0.600. The number of nitrogens with zero attached hydrogens (tertiary/aromatic N) is 1. The van der Waals surface area contributed by atoms with Crippen molar-refractivity contribution in [3.63, 3.8) is 0 Å². The number of carbonyl (C=O) groups excluding carboxylic acids is 1. The molecule has 0 radical (unpaired) electrons. The lowest BCUT2D eigenvalue weighted by Gasteiger charge is -2.15. The van der Waals surface area contributed by atoms with Crippen molar-refractivity contribution in [3.8, 4) is 5.75 Å². The number of amides is 2. The van der Waals surface area contributed by atoms with Gasteiger partial charge in [0.05, 0.1) is 7.11 Å². The maximum atomic E-state index is 11.4. The molecule has 0 aromatic heterocycles. The summed E-state index contributed by atoms with van der Waals surface area (Å²) in [5, 5.41) is 11.7. The Morgan fingerprint density at radius 2 is 2.29 bits per heavy atom. The molecular weight excluding hydrogens is 224 g/mol. The topological polar surface area (TPSA) is 78.9 Å². The van der Waals surface area contributed by atoms with Crippen molar-refractivity contribution in [3.05, 3.63) is 23.8 Å². The fraction of sp³-hybridized carbons (Fsp3) is 0.273. The van der Waals surface area contributed by atoms with Gasteiger partial charge in [0.2, 0.25) is 0 Å². The summed E-state index contributed by atoms with van der Waals surface area (Å²) in [6, 6.07) is 4.43. The van der Waals surface area contributed by atoms with E-state index >= 15 is 0 Å². The molecular formula is C11H12N2O4. The first-order chi connectivity index (χ1) is 8.13. The summed E-state index contributed by atoms with van der Waals surface area (Å²) in [6.45, 7) is 1.09. The van der Waals surface area contributed by atoms with E-state index in [2.05, 4.69) is 5.32 Å². The Bertz CT molecular complexity index is 473. The third kappa shape index (κ3) is 2.01. The molecule has 1 aromatic carbocycles. The molecule has 1 fully saturated rings. The predicted molar refractivity (Wildman–Crippen MR) is 60.7 cm³/mol. The van der Waals surface area contributed by atoms with E-state index < -0.39 is 5.97 Å². The van der Waals surface area contributed by atoms with Crippen LogP contribution in [0.4, 0.5) is 10.5 Å². The third-order valence-corrected chi connectivity index (χ3v) is 2.58. The monoisotopic (exact) mass is 236 g/mol. The van der Waals surface area contributed by atoms with E-state index in [1.54, 1.807) is 12.1 Å². The highest BCUT2D eigenvalue weighted by atomic mass is 16.5. The molecule has 0 unspecified atom stereocenters. The number of carbonyl (C=O) groups is 2. The van der Waals surface area contributed by atoms with Crippen LogP contribution in [0.1, 0.15) is 10.4 Å². The van der Waals surface area contributed by atoms with Gasteiger partial charge in [0.25, 0.3) is 0 Å². The van der Waals surface area contributed by atoms with Crippen LogP contribution in [-0.4, -0.2) is 37.3 Å². The molecule has 0 spiro atoms. The van der Waals surface area contributed by atoms with Crippen molar-refractivity contribution in [2.24, 2.45) is 0 Å². The average Bonchev–Trinajstić information content (AvgIpc) is 2.74. The Hall–Kier alpha value is -2.24. The van der Waals surface area contributed by atoms with E-state index in [4.69, 9.17) is 9.84 Å². The zero-order valence-electron chi connectivity index (χ0n) is 9.27. The van der Waals surface area contributed by atoms with E-state index in [1.165, 1.54) is 18.1 Å². The molecule has 1 aromatic rings. The Labute approximate surface area is 97.8 Å². The highest BCUT2D eigenvalue weighted by Crippen LogP contribution is 2.25.